The Kier molecular flexibility index (Phi) is 4.34. The number of rotatable bonds is 3. The number of ether oxygens (including phenoxy) is 2. The molecule has 1 aromatic rings. The van der Waals surface area contributed by atoms with Crippen LogP contribution in [-0.4, -0.2) is 44.7 Å². The number of fused-ring (bicyclic) bond motifs is 1. The van der Waals surface area contributed by atoms with E-state index < -0.39 is 0 Å². The van der Waals surface area contributed by atoms with E-state index >= 15 is 0 Å². The van der Waals surface area contributed by atoms with Crippen molar-refractivity contribution in [3.8, 4) is 11.5 Å². The fraction of sp³-hybridized carbons (Fsp3) is 0.471. The Bertz CT molecular complexity index is 610. The zero-order valence-corrected chi connectivity index (χ0v) is 13.1. The number of hydrogen-bond acceptors (Lipinski definition) is 4. The van der Waals surface area contributed by atoms with E-state index in [-0.39, 0.29) is 5.91 Å². The van der Waals surface area contributed by atoms with Gasteiger partial charge in [0.05, 0.1) is 14.2 Å². The molecular formula is C17H22N2O3. The van der Waals surface area contributed by atoms with Crippen molar-refractivity contribution in [1.29, 1.82) is 0 Å². The van der Waals surface area contributed by atoms with Crippen LogP contribution >= 0.6 is 0 Å². The van der Waals surface area contributed by atoms with Gasteiger partial charge in [-0.15, -0.1) is 0 Å². The second-order valence-corrected chi connectivity index (χ2v) is 5.65. The highest BCUT2D eigenvalue weighted by molar-refractivity contribution is 5.94. The van der Waals surface area contributed by atoms with Gasteiger partial charge < -0.3 is 19.7 Å². The summed E-state index contributed by atoms with van der Waals surface area (Å²) in [7, 11) is 3.28. The standard InChI is InChI=1S/C17H22N2O3/c1-21-15-8-12-5-7-19(11-14(12)9-16(15)22-2)17(20)13-4-3-6-18-10-13/h4,8-9,18H,3,5-7,10-11H2,1-2H3. The van der Waals surface area contributed by atoms with Crippen molar-refractivity contribution in [3.63, 3.8) is 0 Å². The second kappa shape index (κ2) is 6.40. The molecule has 2 aliphatic heterocycles. The molecule has 1 N–H and O–H groups in total. The highest BCUT2D eigenvalue weighted by Crippen LogP contribution is 2.33. The van der Waals surface area contributed by atoms with Crippen molar-refractivity contribution in [2.24, 2.45) is 0 Å². The maximum atomic E-state index is 12.6. The number of methoxy groups -OCH3 is 2. The molecule has 0 aliphatic carbocycles. The van der Waals surface area contributed by atoms with Crippen LogP contribution < -0.4 is 14.8 Å². The summed E-state index contributed by atoms with van der Waals surface area (Å²) in [6, 6.07) is 4.01. The van der Waals surface area contributed by atoms with Crippen LogP contribution in [0, 0.1) is 0 Å². The minimum Gasteiger partial charge on any atom is -0.493 e. The smallest absolute Gasteiger partial charge is 0.251 e. The number of nitrogens with one attached hydrogen (secondary N) is 1. The van der Waals surface area contributed by atoms with Crippen LogP contribution in [-0.2, 0) is 17.8 Å². The predicted octanol–water partition coefficient (Wildman–Crippen LogP) is 1.51. The van der Waals surface area contributed by atoms with E-state index in [0.717, 1.165) is 42.8 Å². The summed E-state index contributed by atoms with van der Waals surface area (Å²) in [5, 5.41) is 3.25. The lowest BCUT2D eigenvalue weighted by Crippen LogP contribution is -2.40. The third-order valence-corrected chi connectivity index (χ3v) is 4.31. The van der Waals surface area contributed by atoms with Gasteiger partial charge in [0.2, 0.25) is 0 Å². The summed E-state index contributed by atoms with van der Waals surface area (Å²) < 4.78 is 10.7. The molecular weight excluding hydrogens is 280 g/mol. The fourth-order valence-electron chi connectivity index (χ4n) is 3.07. The molecule has 0 atom stereocenters. The molecule has 0 unspecified atom stereocenters. The molecule has 118 valence electrons. The summed E-state index contributed by atoms with van der Waals surface area (Å²) in [4.78, 5) is 14.5. The van der Waals surface area contributed by atoms with E-state index in [4.69, 9.17) is 9.47 Å². The van der Waals surface area contributed by atoms with Crippen LogP contribution in [0.1, 0.15) is 17.5 Å². The third-order valence-electron chi connectivity index (χ3n) is 4.31. The molecule has 0 fully saturated rings. The number of hydrogen-bond donors (Lipinski definition) is 1. The van der Waals surface area contributed by atoms with Crippen LogP contribution in [0.4, 0.5) is 0 Å². The van der Waals surface area contributed by atoms with E-state index in [2.05, 4.69) is 11.4 Å². The quantitative estimate of drug-likeness (QED) is 0.919. The Labute approximate surface area is 130 Å². The zero-order chi connectivity index (χ0) is 15.5. The van der Waals surface area contributed by atoms with Crippen molar-refractivity contribution in [3.05, 3.63) is 34.9 Å². The first kappa shape index (κ1) is 14.9. The van der Waals surface area contributed by atoms with E-state index in [1.165, 1.54) is 5.56 Å². The summed E-state index contributed by atoms with van der Waals surface area (Å²) in [6.45, 7) is 3.01. The fourth-order valence-corrected chi connectivity index (χ4v) is 3.07. The molecule has 0 aromatic heterocycles. The van der Waals surface area contributed by atoms with Gasteiger partial charge in [0.15, 0.2) is 11.5 Å². The lowest BCUT2D eigenvalue weighted by Gasteiger charge is -2.31. The molecule has 22 heavy (non-hydrogen) atoms. The van der Waals surface area contributed by atoms with E-state index in [0.29, 0.717) is 18.8 Å². The number of carbonyl (C=O) groups is 1. The van der Waals surface area contributed by atoms with Crippen molar-refractivity contribution in [2.75, 3.05) is 33.9 Å². The van der Waals surface area contributed by atoms with Crippen LogP contribution in [0.3, 0.4) is 0 Å². The largest absolute Gasteiger partial charge is 0.493 e. The van der Waals surface area contributed by atoms with Gasteiger partial charge in [-0.25, -0.2) is 0 Å². The lowest BCUT2D eigenvalue weighted by molar-refractivity contribution is -0.128. The average Bonchev–Trinajstić information content (AvgIpc) is 2.60. The third kappa shape index (κ3) is 2.81. The summed E-state index contributed by atoms with van der Waals surface area (Å²) in [6.07, 6.45) is 3.83. The molecule has 0 saturated carbocycles. The van der Waals surface area contributed by atoms with Crippen molar-refractivity contribution in [2.45, 2.75) is 19.4 Å². The maximum Gasteiger partial charge on any atom is 0.251 e. The highest BCUT2D eigenvalue weighted by atomic mass is 16.5. The Morgan fingerprint density at radius 3 is 2.55 bits per heavy atom. The van der Waals surface area contributed by atoms with Crippen LogP contribution in [0.25, 0.3) is 0 Å². The number of nitrogens with zero attached hydrogens (tertiary/aromatic N) is 1. The van der Waals surface area contributed by atoms with Gasteiger partial charge in [-0.3, -0.25) is 4.79 Å². The van der Waals surface area contributed by atoms with Crippen molar-refractivity contribution >= 4 is 5.91 Å². The molecule has 0 radical (unpaired) electrons. The predicted molar refractivity (Wildman–Crippen MR) is 84.2 cm³/mol. The number of carbonyl (C=O) groups excluding carboxylic acids is 1. The molecule has 1 aromatic carbocycles. The molecule has 2 heterocycles. The summed E-state index contributed by atoms with van der Waals surface area (Å²) in [5.41, 5.74) is 3.26. The Hall–Kier alpha value is -2.01. The molecule has 5 nitrogen and oxygen atoms in total. The molecule has 0 spiro atoms. The van der Waals surface area contributed by atoms with Gasteiger partial charge in [0.1, 0.15) is 0 Å². The molecule has 0 saturated heterocycles. The first-order valence-electron chi connectivity index (χ1n) is 7.65. The number of amides is 1. The first-order valence-corrected chi connectivity index (χ1v) is 7.65. The molecule has 0 bridgehead atoms. The summed E-state index contributed by atoms with van der Waals surface area (Å²) in [5.74, 6) is 1.61. The van der Waals surface area contributed by atoms with E-state index in [9.17, 15) is 4.79 Å². The summed E-state index contributed by atoms with van der Waals surface area (Å²) >= 11 is 0. The monoisotopic (exact) mass is 302 g/mol. The SMILES string of the molecule is COc1cc2c(cc1OC)CN(C(=O)C1=CCCNC1)CC2. The molecule has 2 aliphatic rings. The van der Waals surface area contributed by atoms with E-state index in [1.54, 1.807) is 14.2 Å². The van der Waals surface area contributed by atoms with E-state index in [1.807, 2.05) is 17.0 Å². The van der Waals surface area contributed by atoms with Crippen molar-refractivity contribution < 1.29 is 14.3 Å². The van der Waals surface area contributed by atoms with Crippen LogP contribution in [0.2, 0.25) is 0 Å². The van der Waals surface area contributed by atoms with Gasteiger partial charge in [-0.05, 0) is 42.6 Å². The minimum atomic E-state index is 0.146. The Balaban J connectivity index is 1.81. The van der Waals surface area contributed by atoms with Crippen LogP contribution in [0.5, 0.6) is 11.5 Å². The average molecular weight is 302 g/mol. The first-order chi connectivity index (χ1) is 10.7. The maximum absolute atomic E-state index is 12.6. The van der Waals surface area contributed by atoms with Gasteiger partial charge in [-0.2, -0.15) is 0 Å². The molecule has 1 amide bonds. The Morgan fingerprint density at radius 1 is 1.18 bits per heavy atom. The van der Waals surface area contributed by atoms with Gasteiger partial charge in [0, 0.05) is 25.2 Å². The Morgan fingerprint density at radius 2 is 1.91 bits per heavy atom. The second-order valence-electron chi connectivity index (χ2n) is 5.65. The normalized spacial score (nSPS) is 17.5. The minimum absolute atomic E-state index is 0.146. The zero-order valence-electron chi connectivity index (χ0n) is 13.1. The molecule has 5 heteroatoms. The van der Waals surface area contributed by atoms with Crippen molar-refractivity contribution in [1.82, 2.24) is 10.2 Å². The topological polar surface area (TPSA) is 50.8 Å². The highest BCUT2D eigenvalue weighted by Gasteiger charge is 2.25. The molecule has 3 rings (SSSR count). The van der Waals surface area contributed by atoms with Gasteiger partial charge >= 0.3 is 0 Å². The lowest BCUT2D eigenvalue weighted by atomic mass is 9.98. The van der Waals surface area contributed by atoms with Gasteiger partial charge in [0.25, 0.3) is 5.91 Å². The number of benzene rings is 1. The van der Waals surface area contributed by atoms with Crippen LogP contribution in [0.15, 0.2) is 23.8 Å². The van der Waals surface area contributed by atoms with Gasteiger partial charge in [-0.1, -0.05) is 6.08 Å².